The summed E-state index contributed by atoms with van der Waals surface area (Å²) in [7, 11) is 0. The van der Waals surface area contributed by atoms with Crippen molar-refractivity contribution in [2.24, 2.45) is 5.73 Å². The van der Waals surface area contributed by atoms with Gasteiger partial charge >= 0.3 is 0 Å². The van der Waals surface area contributed by atoms with E-state index in [2.05, 4.69) is 17.2 Å². The first-order valence-electron chi connectivity index (χ1n) is 7.64. The van der Waals surface area contributed by atoms with Crippen molar-refractivity contribution in [2.45, 2.75) is 45.7 Å². The van der Waals surface area contributed by atoms with Crippen molar-refractivity contribution in [2.75, 3.05) is 6.61 Å². The lowest BCUT2D eigenvalue weighted by atomic mass is 10.2. The molecule has 0 unspecified atom stereocenters. The molecule has 0 aliphatic carbocycles. The Morgan fingerprint density at radius 1 is 1.19 bits per heavy atom. The molecule has 0 radical (unpaired) electrons. The third-order valence-electron chi connectivity index (χ3n) is 3.37. The Hall–Kier alpha value is -1.88. The van der Waals surface area contributed by atoms with E-state index >= 15 is 0 Å². The van der Waals surface area contributed by atoms with Crippen LogP contribution < -0.4 is 10.5 Å². The monoisotopic (exact) mass is 288 g/mol. The highest BCUT2D eigenvalue weighted by Crippen LogP contribution is 2.11. The molecular weight excluding hydrogens is 264 g/mol. The minimum atomic E-state index is 0.465. The second kappa shape index (κ2) is 8.42. The molecule has 1 aromatic carbocycles. The number of para-hydroxylation sites is 1. The smallest absolute Gasteiger partial charge is 0.119 e. The molecule has 1 heterocycles. The third-order valence-corrected chi connectivity index (χ3v) is 3.37. The van der Waals surface area contributed by atoms with Crippen molar-refractivity contribution in [1.29, 1.82) is 0 Å². The highest BCUT2D eigenvalue weighted by atomic mass is 16.5. The van der Waals surface area contributed by atoms with Crippen LogP contribution in [0.15, 0.2) is 30.3 Å². The van der Waals surface area contributed by atoms with Gasteiger partial charge in [-0.05, 0) is 31.4 Å². The molecule has 0 bridgehead atoms. The van der Waals surface area contributed by atoms with E-state index in [0.717, 1.165) is 50.3 Å². The minimum Gasteiger partial charge on any atom is -0.494 e. The van der Waals surface area contributed by atoms with Crippen LogP contribution >= 0.6 is 0 Å². The number of aromatic nitrogens is 3. The lowest BCUT2D eigenvalue weighted by Crippen LogP contribution is -2.09. The van der Waals surface area contributed by atoms with E-state index in [0.29, 0.717) is 6.54 Å². The summed E-state index contributed by atoms with van der Waals surface area (Å²) >= 11 is 0. The van der Waals surface area contributed by atoms with E-state index in [-0.39, 0.29) is 0 Å². The topological polar surface area (TPSA) is 66.0 Å². The maximum atomic E-state index is 5.70. The Bertz CT molecular complexity index is 524. The maximum Gasteiger partial charge on any atom is 0.119 e. The highest BCUT2D eigenvalue weighted by molar-refractivity contribution is 5.20. The van der Waals surface area contributed by atoms with Crippen LogP contribution in [0.1, 0.15) is 37.6 Å². The van der Waals surface area contributed by atoms with Crippen LogP contribution in [-0.2, 0) is 19.5 Å². The number of nitrogens with zero attached hydrogens (tertiary/aromatic N) is 3. The lowest BCUT2D eigenvalue weighted by molar-refractivity contribution is 0.301. The number of rotatable bonds is 9. The average molecular weight is 288 g/mol. The van der Waals surface area contributed by atoms with Crippen molar-refractivity contribution in [3.05, 3.63) is 41.7 Å². The summed E-state index contributed by atoms with van der Waals surface area (Å²) < 4.78 is 7.68. The zero-order valence-corrected chi connectivity index (χ0v) is 12.7. The van der Waals surface area contributed by atoms with Gasteiger partial charge in [0.25, 0.3) is 0 Å². The molecule has 0 fully saturated rings. The van der Waals surface area contributed by atoms with E-state index in [9.17, 15) is 0 Å². The number of ether oxygens (including phenoxy) is 1. The minimum absolute atomic E-state index is 0.465. The SMILES string of the molecule is CCCc1c(CN)nnn1CCCCOc1ccccc1. The average Bonchev–Trinajstić information content (AvgIpc) is 2.91. The van der Waals surface area contributed by atoms with Gasteiger partial charge in [-0.15, -0.1) is 5.10 Å². The summed E-state index contributed by atoms with van der Waals surface area (Å²) in [5.41, 5.74) is 7.81. The summed E-state index contributed by atoms with van der Waals surface area (Å²) in [5, 5.41) is 8.36. The summed E-state index contributed by atoms with van der Waals surface area (Å²) in [5.74, 6) is 0.926. The van der Waals surface area contributed by atoms with Gasteiger partial charge < -0.3 is 10.5 Å². The molecule has 2 aromatic rings. The standard InChI is InChI=1S/C16H24N4O/c1-2-8-16-15(13-17)18-19-20(16)11-6-7-12-21-14-9-4-3-5-10-14/h3-5,9-10H,2,6-8,11-13,17H2,1H3. The second-order valence-electron chi connectivity index (χ2n) is 5.03. The first kappa shape index (κ1) is 15.5. The summed E-state index contributed by atoms with van der Waals surface area (Å²) in [6.07, 6.45) is 4.09. The molecule has 0 aliphatic heterocycles. The Morgan fingerprint density at radius 3 is 2.71 bits per heavy atom. The fourth-order valence-corrected chi connectivity index (χ4v) is 2.29. The number of nitrogens with two attached hydrogens (primary N) is 1. The molecule has 0 spiro atoms. The van der Waals surface area contributed by atoms with Gasteiger partial charge in [-0.3, -0.25) is 0 Å². The molecule has 114 valence electrons. The van der Waals surface area contributed by atoms with Crippen molar-refractivity contribution in [1.82, 2.24) is 15.0 Å². The molecule has 21 heavy (non-hydrogen) atoms. The van der Waals surface area contributed by atoms with Gasteiger partial charge in [0.1, 0.15) is 5.75 Å². The van der Waals surface area contributed by atoms with Gasteiger partial charge in [-0.2, -0.15) is 0 Å². The predicted octanol–water partition coefficient (Wildman–Crippen LogP) is 2.55. The molecule has 0 amide bonds. The summed E-state index contributed by atoms with van der Waals surface area (Å²) in [4.78, 5) is 0. The lowest BCUT2D eigenvalue weighted by Gasteiger charge is -2.08. The van der Waals surface area contributed by atoms with Crippen molar-refractivity contribution in [3.63, 3.8) is 0 Å². The molecule has 2 rings (SSSR count). The molecule has 0 saturated carbocycles. The van der Waals surface area contributed by atoms with Gasteiger partial charge in [0.05, 0.1) is 18.0 Å². The zero-order valence-electron chi connectivity index (χ0n) is 12.7. The number of unbranched alkanes of at least 4 members (excludes halogenated alkanes) is 1. The van der Waals surface area contributed by atoms with Crippen molar-refractivity contribution >= 4 is 0 Å². The van der Waals surface area contributed by atoms with Crippen LogP contribution in [0.2, 0.25) is 0 Å². The molecule has 0 atom stereocenters. The van der Waals surface area contributed by atoms with Crippen LogP contribution in [0, 0.1) is 0 Å². The number of hydrogen-bond donors (Lipinski definition) is 1. The van der Waals surface area contributed by atoms with E-state index < -0.39 is 0 Å². The molecule has 2 N–H and O–H groups in total. The molecular formula is C16H24N4O. The summed E-state index contributed by atoms with van der Waals surface area (Å²) in [6, 6.07) is 9.91. The van der Waals surface area contributed by atoms with E-state index in [4.69, 9.17) is 10.5 Å². The van der Waals surface area contributed by atoms with Crippen molar-refractivity contribution in [3.8, 4) is 5.75 Å². The summed E-state index contributed by atoms with van der Waals surface area (Å²) in [6.45, 7) is 4.23. The third kappa shape index (κ3) is 4.56. The molecule has 5 heteroatoms. The first-order chi connectivity index (χ1) is 10.3. The highest BCUT2D eigenvalue weighted by Gasteiger charge is 2.10. The Labute approximate surface area is 126 Å². The normalized spacial score (nSPS) is 10.8. The number of benzene rings is 1. The largest absolute Gasteiger partial charge is 0.494 e. The molecule has 1 aromatic heterocycles. The first-order valence-corrected chi connectivity index (χ1v) is 7.64. The fraction of sp³-hybridized carbons (Fsp3) is 0.500. The Balaban J connectivity index is 1.74. The van der Waals surface area contributed by atoms with Crippen LogP contribution in [0.25, 0.3) is 0 Å². The molecule has 5 nitrogen and oxygen atoms in total. The zero-order chi connectivity index (χ0) is 14.9. The maximum absolute atomic E-state index is 5.70. The van der Waals surface area contributed by atoms with Gasteiger partial charge in [-0.1, -0.05) is 36.8 Å². The predicted molar refractivity (Wildman–Crippen MR) is 83.1 cm³/mol. The molecule has 0 aliphatic rings. The van der Waals surface area contributed by atoms with E-state index in [1.54, 1.807) is 0 Å². The van der Waals surface area contributed by atoms with Crippen LogP contribution in [0.5, 0.6) is 5.75 Å². The fourth-order valence-electron chi connectivity index (χ4n) is 2.29. The molecule has 0 saturated heterocycles. The Kier molecular flexibility index (Phi) is 6.22. The van der Waals surface area contributed by atoms with Gasteiger partial charge in [-0.25, -0.2) is 4.68 Å². The van der Waals surface area contributed by atoms with E-state index in [1.807, 2.05) is 35.0 Å². The van der Waals surface area contributed by atoms with Crippen LogP contribution in [0.3, 0.4) is 0 Å². The van der Waals surface area contributed by atoms with Gasteiger partial charge in [0, 0.05) is 13.1 Å². The van der Waals surface area contributed by atoms with Crippen molar-refractivity contribution < 1.29 is 4.74 Å². The Morgan fingerprint density at radius 2 is 2.00 bits per heavy atom. The second-order valence-corrected chi connectivity index (χ2v) is 5.03. The van der Waals surface area contributed by atoms with Gasteiger partial charge in [0.15, 0.2) is 0 Å². The van der Waals surface area contributed by atoms with E-state index in [1.165, 1.54) is 5.69 Å². The van der Waals surface area contributed by atoms with Crippen LogP contribution in [0.4, 0.5) is 0 Å². The van der Waals surface area contributed by atoms with Crippen LogP contribution in [-0.4, -0.2) is 21.6 Å². The quantitative estimate of drug-likeness (QED) is 0.720. The number of hydrogen-bond acceptors (Lipinski definition) is 4. The number of aryl methyl sites for hydroxylation is 1. The van der Waals surface area contributed by atoms with Gasteiger partial charge in [0.2, 0.25) is 0 Å².